The van der Waals surface area contributed by atoms with Gasteiger partial charge in [-0.05, 0) is 43.4 Å². The van der Waals surface area contributed by atoms with Crippen LogP contribution >= 0.6 is 0 Å². The van der Waals surface area contributed by atoms with Gasteiger partial charge >= 0.3 is 5.97 Å². The molecule has 0 radical (unpaired) electrons. The highest BCUT2D eigenvalue weighted by Gasteiger charge is 2.17. The molecule has 98 valence electrons. The van der Waals surface area contributed by atoms with E-state index in [1.807, 2.05) is 6.07 Å². The van der Waals surface area contributed by atoms with Crippen molar-refractivity contribution in [3.8, 4) is 0 Å². The summed E-state index contributed by atoms with van der Waals surface area (Å²) in [5, 5.41) is 0. The number of hydrogen-bond acceptors (Lipinski definition) is 4. The molecule has 5 heteroatoms. The monoisotopic (exact) mass is 258 g/mol. The highest BCUT2D eigenvalue weighted by atomic mass is 16.5. The molecule has 0 atom stereocenters. The van der Waals surface area contributed by atoms with Gasteiger partial charge in [0.1, 0.15) is 11.2 Å². The first-order valence-corrected chi connectivity index (χ1v) is 6.41. The lowest BCUT2D eigenvalue weighted by Crippen LogP contribution is -2.24. The van der Waals surface area contributed by atoms with Gasteiger partial charge < -0.3 is 4.74 Å². The fourth-order valence-corrected chi connectivity index (χ4v) is 2.48. The maximum Gasteiger partial charge on any atom is 0.345 e. The molecule has 1 aliphatic carbocycles. The van der Waals surface area contributed by atoms with Crippen LogP contribution in [0.1, 0.15) is 34.8 Å². The third-order valence-corrected chi connectivity index (χ3v) is 3.41. The van der Waals surface area contributed by atoms with Crippen molar-refractivity contribution in [2.45, 2.75) is 26.2 Å². The van der Waals surface area contributed by atoms with Gasteiger partial charge in [0.15, 0.2) is 0 Å². The molecule has 2 aromatic rings. The Kier molecular flexibility index (Phi) is 2.81. The lowest BCUT2D eigenvalue weighted by molar-refractivity contribution is 0.0523. The first-order chi connectivity index (χ1) is 9.20. The Morgan fingerprint density at radius 2 is 2.21 bits per heavy atom. The van der Waals surface area contributed by atoms with Gasteiger partial charge in [-0.3, -0.25) is 9.20 Å². The van der Waals surface area contributed by atoms with Crippen molar-refractivity contribution < 1.29 is 9.53 Å². The highest BCUT2D eigenvalue weighted by Crippen LogP contribution is 2.21. The number of aromatic nitrogens is 2. The van der Waals surface area contributed by atoms with Crippen LogP contribution in [-0.2, 0) is 17.6 Å². The van der Waals surface area contributed by atoms with Crippen LogP contribution in [0.5, 0.6) is 0 Å². The summed E-state index contributed by atoms with van der Waals surface area (Å²) in [6.45, 7) is 1.95. The van der Waals surface area contributed by atoms with Crippen molar-refractivity contribution in [2.75, 3.05) is 6.61 Å². The van der Waals surface area contributed by atoms with Gasteiger partial charge in [0.05, 0.1) is 6.61 Å². The van der Waals surface area contributed by atoms with Gasteiger partial charge in [-0.2, -0.15) is 0 Å². The Morgan fingerprint density at radius 1 is 1.42 bits per heavy atom. The molecule has 5 nitrogen and oxygen atoms in total. The van der Waals surface area contributed by atoms with Crippen LogP contribution in [0.3, 0.4) is 0 Å². The number of nitrogens with zero attached hydrogens (tertiary/aromatic N) is 2. The number of esters is 1. The Labute approximate surface area is 109 Å². The van der Waals surface area contributed by atoms with Gasteiger partial charge in [0.25, 0.3) is 5.56 Å². The van der Waals surface area contributed by atoms with Crippen LogP contribution in [0.2, 0.25) is 0 Å². The summed E-state index contributed by atoms with van der Waals surface area (Å²) >= 11 is 0. The van der Waals surface area contributed by atoms with E-state index in [9.17, 15) is 9.59 Å². The molecule has 1 aliphatic rings. The Morgan fingerprint density at radius 3 is 3.00 bits per heavy atom. The molecule has 0 unspecified atom stereocenters. The predicted octanol–water partition coefficient (Wildman–Crippen LogP) is 1.36. The van der Waals surface area contributed by atoms with E-state index in [0.717, 1.165) is 24.8 Å². The number of aryl methyl sites for hydroxylation is 2. The summed E-state index contributed by atoms with van der Waals surface area (Å²) in [5.74, 6) is -0.616. The minimum atomic E-state index is -0.616. The van der Waals surface area contributed by atoms with E-state index in [4.69, 9.17) is 4.74 Å². The van der Waals surface area contributed by atoms with Crippen LogP contribution in [0.25, 0.3) is 5.65 Å². The molecule has 0 bridgehead atoms. The summed E-state index contributed by atoms with van der Waals surface area (Å²) in [6.07, 6.45) is 6.21. The van der Waals surface area contributed by atoms with Gasteiger partial charge in [0, 0.05) is 12.4 Å². The molecule has 0 aromatic carbocycles. The average molecular weight is 258 g/mol. The van der Waals surface area contributed by atoms with E-state index in [0.29, 0.717) is 5.65 Å². The van der Waals surface area contributed by atoms with Crippen molar-refractivity contribution in [3.63, 3.8) is 0 Å². The second-order valence-electron chi connectivity index (χ2n) is 4.60. The van der Waals surface area contributed by atoms with Gasteiger partial charge in [0.2, 0.25) is 0 Å². The Hall–Kier alpha value is -2.17. The van der Waals surface area contributed by atoms with Crippen molar-refractivity contribution in [2.24, 2.45) is 0 Å². The maximum atomic E-state index is 12.3. The molecule has 2 heterocycles. The van der Waals surface area contributed by atoms with E-state index in [2.05, 4.69) is 4.98 Å². The number of hydrogen-bond donors (Lipinski definition) is 0. The third kappa shape index (κ3) is 1.91. The summed E-state index contributed by atoms with van der Waals surface area (Å²) in [5.41, 5.74) is 2.61. The van der Waals surface area contributed by atoms with E-state index < -0.39 is 5.97 Å². The van der Waals surface area contributed by atoms with Crippen LogP contribution in [-0.4, -0.2) is 22.0 Å². The molecule has 0 saturated heterocycles. The molecule has 0 spiro atoms. The number of pyridine rings is 1. The number of fused-ring (bicyclic) bond motifs is 2. The minimum absolute atomic E-state index is 0.0164. The minimum Gasteiger partial charge on any atom is -0.462 e. The normalized spacial score (nSPS) is 13.5. The zero-order chi connectivity index (χ0) is 13.4. The Balaban J connectivity index is 2.19. The number of carbonyl (C=O) groups excluding carboxylic acids is 1. The second-order valence-corrected chi connectivity index (χ2v) is 4.60. The molecule has 0 saturated carbocycles. The topological polar surface area (TPSA) is 60.7 Å². The van der Waals surface area contributed by atoms with Gasteiger partial charge in [-0.1, -0.05) is 0 Å². The van der Waals surface area contributed by atoms with E-state index in [1.165, 1.54) is 16.2 Å². The standard InChI is InChI=1S/C14H14N2O3/c1-2-19-14(18)11-7-15-12-6-9-4-3-5-10(9)8-16(12)13(11)17/h6-8H,2-5H2,1H3. The lowest BCUT2D eigenvalue weighted by atomic mass is 10.2. The molecule has 0 N–H and O–H groups in total. The van der Waals surface area contributed by atoms with E-state index in [1.54, 1.807) is 13.1 Å². The number of carbonyl (C=O) groups is 1. The molecule has 0 fully saturated rings. The van der Waals surface area contributed by atoms with Gasteiger partial charge in [-0.25, -0.2) is 9.78 Å². The Bertz CT molecular complexity index is 718. The van der Waals surface area contributed by atoms with Crippen molar-refractivity contribution in [1.29, 1.82) is 0 Å². The third-order valence-electron chi connectivity index (χ3n) is 3.41. The zero-order valence-electron chi connectivity index (χ0n) is 10.7. The number of ether oxygens (including phenoxy) is 1. The van der Waals surface area contributed by atoms with Crippen molar-refractivity contribution in [3.05, 3.63) is 45.5 Å². The zero-order valence-corrected chi connectivity index (χ0v) is 10.7. The SMILES string of the molecule is CCOC(=O)c1cnc2cc3c(cn2c1=O)CCC3. The quantitative estimate of drug-likeness (QED) is 0.763. The van der Waals surface area contributed by atoms with Crippen LogP contribution in [0, 0.1) is 0 Å². The van der Waals surface area contributed by atoms with Crippen molar-refractivity contribution in [1.82, 2.24) is 9.38 Å². The van der Waals surface area contributed by atoms with E-state index >= 15 is 0 Å². The highest BCUT2D eigenvalue weighted by molar-refractivity contribution is 5.88. The fourth-order valence-electron chi connectivity index (χ4n) is 2.48. The van der Waals surface area contributed by atoms with Crippen LogP contribution < -0.4 is 5.56 Å². The molecular formula is C14H14N2O3. The first kappa shape index (κ1) is 11.9. The molecular weight excluding hydrogens is 244 g/mol. The molecule has 3 rings (SSSR count). The predicted molar refractivity (Wildman–Crippen MR) is 69.4 cm³/mol. The summed E-state index contributed by atoms with van der Waals surface area (Å²) < 4.78 is 6.30. The molecule has 0 aliphatic heterocycles. The molecule has 0 amide bonds. The van der Waals surface area contributed by atoms with Crippen LogP contribution in [0.4, 0.5) is 0 Å². The second kappa shape index (κ2) is 4.50. The maximum absolute atomic E-state index is 12.3. The lowest BCUT2D eigenvalue weighted by Gasteiger charge is -2.06. The summed E-state index contributed by atoms with van der Waals surface area (Å²) in [4.78, 5) is 28.1. The first-order valence-electron chi connectivity index (χ1n) is 6.41. The summed E-state index contributed by atoms with van der Waals surface area (Å²) in [6, 6.07) is 1.93. The summed E-state index contributed by atoms with van der Waals surface area (Å²) in [7, 11) is 0. The largest absolute Gasteiger partial charge is 0.462 e. The van der Waals surface area contributed by atoms with Gasteiger partial charge in [-0.15, -0.1) is 0 Å². The van der Waals surface area contributed by atoms with Crippen molar-refractivity contribution >= 4 is 11.6 Å². The van der Waals surface area contributed by atoms with E-state index in [-0.39, 0.29) is 17.7 Å². The fraction of sp³-hybridized carbons (Fsp3) is 0.357. The smallest absolute Gasteiger partial charge is 0.345 e. The van der Waals surface area contributed by atoms with Crippen LogP contribution in [0.15, 0.2) is 23.3 Å². The average Bonchev–Trinajstić information content (AvgIpc) is 2.84. The number of rotatable bonds is 2. The molecule has 2 aromatic heterocycles. The molecule has 19 heavy (non-hydrogen) atoms.